The number of nitrogens with one attached hydrogen (secondary N) is 1. The minimum absolute atomic E-state index is 0.0527. The highest BCUT2D eigenvalue weighted by atomic mass is 35.5. The number of hydrogen-bond acceptors (Lipinski definition) is 3. The van der Waals surface area contributed by atoms with E-state index >= 15 is 0 Å². The van der Waals surface area contributed by atoms with Gasteiger partial charge in [-0.2, -0.15) is 0 Å². The molecule has 0 atom stereocenters. The summed E-state index contributed by atoms with van der Waals surface area (Å²) in [6.45, 7) is 1.64. The molecule has 0 amide bonds. The van der Waals surface area contributed by atoms with Crippen LogP contribution in [0.25, 0.3) is 10.9 Å². The van der Waals surface area contributed by atoms with E-state index in [0.29, 0.717) is 15.9 Å². The van der Waals surface area contributed by atoms with Gasteiger partial charge in [-0.3, -0.25) is 13.9 Å². The lowest BCUT2D eigenvalue weighted by atomic mass is 10.1. The van der Waals surface area contributed by atoms with Gasteiger partial charge in [0.2, 0.25) is 0 Å². The maximum Gasteiger partial charge on any atom is 0.331 e. The van der Waals surface area contributed by atoms with Crippen LogP contribution in [0.5, 0.6) is 0 Å². The van der Waals surface area contributed by atoms with E-state index in [-0.39, 0.29) is 17.3 Å². The summed E-state index contributed by atoms with van der Waals surface area (Å²) in [6.07, 6.45) is 1.57. The molecule has 1 aromatic carbocycles. The molecule has 1 saturated heterocycles. The first-order valence-electron chi connectivity index (χ1n) is 6.71. The Morgan fingerprint density at radius 3 is 2.65 bits per heavy atom. The maximum absolute atomic E-state index is 12.7. The number of benzene rings is 1. The molecule has 20 heavy (non-hydrogen) atoms. The summed E-state index contributed by atoms with van der Waals surface area (Å²) in [5, 5.41) is 4.06. The van der Waals surface area contributed by atoms with Crippen LogP contribution in [0.3, 0.4) is 0 Å². The standard InChI is InChI=1S/C14H16ClN3O2/c1-17-11-4-2-3-10(15)12(11)13(19)18(14(17)20)9-5-7-16-8-6-9/h2-4,9,16H,5-8H2,1H3. The number of piperidine rings is 1. The molecule has 1 aromatic heterocycles. The van der Waals surface area contributed by atoms with Gasteiger partial charge in [-0.05, 0) is 38.1 Å². The van der Waals surface area contributed by atoms with Crippen molar-refractivity contribution >= 4 is 22.5 Å². The Morgan fingerprint density at radius 1 is 1.25 bits per heavy atom. The Labute approximate surface area is 120 Å². The third kappa shape index (κ3) is 1.98. The lowest BCUT2D eigenvalue weighted by Gasteiger charge is -2.25. The molecule has 0 unspecified atom stereocenters. The van der Waals surface area contributed by atoms with Crippen molar-refractivity contribution in [1.29, 1.82) is 0 Å². The molecule has 6 heteroatoms. The quantitative estimate of drug-likeness (QED) is 0.862. The van der Waals surface area contributed by atoms with Gasteiger partial charge in [0.1, 0.15) is 0 Å². The summed E-state index contributed by atoms with van der Waals surface area (Å²) in [5.74, 6) is 0. The van der Waals surface area contributed by atoms with E-state index in [9.17, 15) is 9.59 Å². The predicted molar refractivity (Wildman–Crippen MR) is 79.6 cm³/mol. The molecule has 0 radical (unpaired) electrons. The fraction of sp³-hybridized carbons (Fsp3) is 0.429. The lowest BCUT2D eigenvalue weighted by molar-refractivity contribution is 0.347. The Hall–Kier alpha value is -1.59. The van der Waals surface area contributed by atoms with Crippen molar-refractivity contribution in [1.82, 2.24) is 14.5 Å². The molecular formula is C14H16ClN3O2. The van der Waals surface area contributed by atoms with Gasteiger partial charge in [-0.25, -0.2) is 4.79 Å². The van der Waals surface area contributed by atoms with Gasteiger partial charge >= 0.3 is 5.69 Å². The average molecular weight is 294 g/mol. The zero-order valence-corrected chi connectivity index (χ0v) is 12.0. The van der Waals surface area contributed by atoms with Crippen LogP contribution >= 0.6 is 11.6 Å². The number of fused-ring (bicyclic) bond motifs is 1. The SMILES string of the molecule is Cn1c(=O)n(C2CCNCC2)c(=O)c2c(Cl)cccc21. The van der Waals surface area contributed by atoms with Crippen molar-refractivity contribution < 1.29 is 0 Å². The topological polar surface area (TPSA) is 56.0 Å². The molecule has 1 aliphatic heterocycles. The molecule has 0 saturated carbocycles. The van der Waals surface area contributed by atoms with Crippen molar-refractivity contribution in [3.05, 3.63) is 44.1 Å². The van der Waals surface area contributed by atoms with Gasteiger partial charge in [-0.1, -0.05) is 17.7 Å². The third-order valence-electron chi connectivity index (χ3n) is 3.95. The molecule has 1 aliphatic rings. The number of rotatable bonds is 1. The second-order valence-corrected chi connectivity index (χ2v) is 5.54. The summed E-state index contributed by atoms with van der Waals surface area (Å²) >= 11 is 6.16. The number of aryl methyl sites for hydroxylation is 1. The molecular weight excluding hydrogens is 278 g/mol. The fourth-order valence-corrected chi connectivity index (χ4v) is 3.11. The van der Waals surface area contributed by atoms with Crippen LogP contribution in [0.1, 0.15) is 18.9 Å². The molecule has 1 N–H and O–H groups in total. The minimum atomic E-state index is -0.277. The highest BCUT2D eigenvalue weighted by Crippen LogP contribution is 2.20. The van der Waals surface area contributed by atoms with E-state index in [2.05, 4.69) is 5.32 Å². The molecule has 0 spiro atoms. The second kappa shape index (κ2) is 5.07. The van der Waals surface area contributed by atoms with E-state index < -0.39 is 0 Å². The average Bonchev–Trinajstić information content (AvgIpc) is 2.46. The van der Waals surface area contributed by atoms with E-state index in [0.717, 1.165) is 25.9 Å². The summed E-state index contributed by atoms with van der Waals surface area (Å²) in [4.78, 5) is 25.1. The molecule has 106 valence electrons. The summed E-state index contributed by atoms with van der Waals surface area (Å²) in [5.41, 5.74) is 0.0370. The summed E-state index contributed by atoms with van der Waals surface area (Å²) in [7, 11) is 1.68. The minimum Gasteiger partial charge on any atom is -0.317 e. The smallest absolute Gasteiger partial charge is 0.317 e. The first-order chi connectivity index (χ1) is 9.61. The number of nitrogens with zero attached hydrogens (tertiary/aromatic N) is 2. The van der Waals surface area contributed by atoms with Crippen LogP contribution in [0.2, 0.25) is 5.02 Å². The highest BCUT2D eigenvalue weighted by Gasteiger charge is 2.21. The maximum atomic E-state index is 12.7. The summed E-state index contributed by atoms with van der Waals surface area (Å²) in [6, 6.07) is 5.13. The van der Waals surface area contributed by atoms with Crippen molar-refractivity contribution in [3.8, 4) is 0 Å². The van der Waals surface area contributed by atoms with Crippen molar-refractivity contribution in [2.24, 2.45) is 7.05 Å². The molecule has 2 aromatic rings. The van der Waals surface area contributed by atoms with Gasteiger partial charge in [0.25, 0.3) is 5.56 Å². The van der Waals surface area contributed by atoms with Gasteiger partial charge in [-0.15, -0.1) is 0 Å². The largest absolute Gasteiger partial charge is 0.331 e. The van der Waals surface area contributed by atoms with Crippen molar-refractivity contribution in [3.63, 3.8) is 0 Å². The van der Waals surface area contributed by atoms with Gasteiger partial charge < -0.3 is 5.32 Å². The van der Waals surface area contributed by atoms with Gasteiger partial charge in [0.05, 0.1) is 15.9 Å². The molecule has 5 nitrogen and oxygen atoms in total. The Bertz CT molecular complexity index is 772. The van der Waals surface area contributed by atoms with Crippen molar-refractivity contribution in [2.75, 3.05) is 13.1 Å². The lowest BCUT2D eigenvalue weighted by Crippen LogP contribution is -2.44. The van der Waals surface area contributed by atoms with Crippen LogP contribution in [0.15, 0.2) is 27.8 Å². The van der Waals surface area contributed by atoms with Gasteiger partial charge in [0.15, 0.2) is 0 Å². The molecule has 3 rings (SSSR count). The first kappa shape index (κ1) is 13.4. The van der Waals surface area contributed by atoms with E-state index in [4.69, 9.17) is 11.6 Å². The predicted octanol–water partition coefficient (Wildman–Crippen LogP) is 1.28. The Morgan fingerprint density at radius 2 is 1.95 bits per heavy atom. The Kier molecular flexibility index (Phi) is 3.40. The molecule has 0 bridgehead atoms. The van der Waals surface area contributed by atoms with Crippen LogP contribution in [-0.2, 0) is 7.05 Å². The van der Waals surface area contributed by atoms with Crippen LogP contribution in [0, 0.1) is 0 Å². The number of aromatic nitrogens is 2. The highest BCUT2D eigenvalue weighted by molar-refractivity contribution is 6.35. The van der Waals surface area contributed by atoms with Crippen LogP contribution in [0.4, 0.5) is 0 Å². The number of hydrogen-bond donors (Lipinski definition) is 1. The fourth-order valence-electron chi connectivity index (χ4n) is 2.86. The first-order valence-corrected chi connectivity index (χ1v) is 7.09. The van der Waals surface area contributed by atoms with E-state index in [1.54, 1.807) is 25.2 Å². The van der Waals surface area contributed by atoms with Crippen molar-refractivity contribution in [2.45, 2.75) is 18.9 Å². The third-order valence-corrected chi connectivity index (χ3v) is 4.27. The molecule has 1 fully saturated rings. The summed E-state index contributed by atoms with van der Waals surface area (Å²) < 4.78 is 2.87. The van der Waals surface area contributed by atoms with E-state index in [1.807, 2.05) is 0 Å². The Balaban J connectivity index is 2.35. The zero-order valence-electron chi connectivity index (χ0n) is 11.2. The monoisotopic (exact) mass is 293 g/mol. The van der Waals surface area contributed by atoms with Gasteiger partial charge in [0, 0.05) is 13.1 Å². The zero-order chi connectivity index (χ0) is 14.3. The van der Waals surface area contributed by atoms with Crippen LogP contribution in [-0.4, -0.2) is 22.2 Å². The van der Waals surface area contributed by atoms with E-state index in [1.165, 1.54) is 9.13 Å². The normalized spacial score (nSPS) is 16.7. The molecule has 2 heterocycles. The second-order valence-electron chi connectivity index (χ2n) is 5.13. The molecule has 0 aliphatic carbocycles. The van der Waals surface area contributed by atoms with Crippen LogP contribution < -0.4 is 16.6 Å². The number of halogens is 1.